The molecule has 0 aliphatic rings. The molecule has 0 fully saturated rings. The predicted octanol–water partition coefficient (Wildman–Crippen LogP) is 3.38. The standard InChI is InChI=1S/C13H18BrNO2S/c1-9(2)15-13(3,12(16)17)8-18-11-6-4-5-10(14)7-11/h4-7,9,15H,8H2,1-3H3,(H,16,17). The molecule has 100 valence electrons. The number of aliphatic carboxylic acids is 1. The van der Waals surface area contributed by atoms with E-state index in [-0.39, 0.29) is 6.04 Å². The average Bonchev–Trinajstić information content (AvgIpc) is 2.25. The van der Waals surface area contributed by atoms with E-state index in [4.69, 9.17) is 0 Å². The van der Waals surface area contributed by atoms with Crippen LogP contribution < -0.4 is 5.32 Å². The summed E-state index contributed by atoms with van der Waals surface area (Å²) in [6.45, 7) is 5.62. The van der Waals surface area contributed by atoms with E-state index in [0.717, 1.165) is 9.37 Å². The average molecular weight is 332 g/mol. The van der Waals surface area contributed by atoms with Gasteiger partial charge in [0.1, 0.15) is 5.54 Å². The van der Waals surface area contributed by atoms with Crippen LogP contribution in [0.1, 0.15) is 20.8 Å². The number of thioether (sulfide) groups is 1. The number of hydrogen-bond donors (Lipinski definition) is 2. The molecule has 0 radical (unpaired) electrons. The van der Waals surface area contributed by atoms with Gasteiger partial charge in [-0.05, 0) is 39.0 Å². The van der Waals surface area contributed by atoms with Crippen LogP contribution in [0.5, 0.6) is 0 Å². The summed E-state index contributed by atoms with van der Waals surface area (Å²) >= 11 is 4.95. The van der Waals surface area contributed by atoms with Gasteiger partial charge in [0.15, 0.2) is 0 Å². The lowest BCUT2D eigenvalue weighted by atomic mass is 10.1. The monoisotopic (exact) mass is 331 g/mol. The van der Waals surface area contributed by atoms with Gasteiger partial charge in [-0.2, -0.15) is 0 Å². The van der Waals surface area contributed by atoms with Crippen LogP contribution >= 0.6 is 27.7 Å². The van der Waals surface area contributed by atoms with Crippen molar-refractivity contribution >= 4 is 33.7 Å². The largest absolute Gasteiger partial charge is 0.480 e. The molecule has 0 saturated carbocycles. The van der Waals surface area contributed by atoms with E-state index in [1.54, 1.807) is 6.92 Å². The molecule has 1 aromatic carbocycles. The van der Waals surface area contributed by atoms with E-state index in [2.05, 4.69) is 21.2 Å². The second-order valence-electron chi connectivity index (χ2n) is 4.68. The Bertz CT molecular complexity index is 425. The third-order valence-corrected chi connectivity index (χ3v) is 4.21. The normalized spacial score (nSPS) is 14.5. The van der Waals surface area contributed by atoms with Gasteiger partial charge in [0.2, 0.25) is 0 Å². The van der Waals surface area contributed by atoms with Crippen LogP contribution in [0.2, 0.25) is 0 Å². The highest BCUT2D eigenvalue weighted by molar-refractivity contribution is 9.10. The molecule has 1 aromatic rings. The maximum atomic E-state index is 11.4. The molecule has 0 aromatic heterocycles. The maximum Gasteiger partial charge on any atom is 0.324 e. The first-order chi connectivity index (χ1) is 8.33. The molecule has 0 aliphatic heterocycles. The molecule has 3 nitrogen and oxygen atoms in total. The van der Waals surface area contributed by atoms with Gasteiger partial charge in [0, 0.05) is 21.2 Å². The van der Waals surface area contributed by atoms with Crippen LogP contribution in [0.15, 0.2) is 33.6 Å². The summed E-state index contributed by atoms with van der Waals surface area (Å²) in [6.07, 6.45) is 0. The number of carboxylic acid groups (broad SMARTS) is 1. The lowest BCUT2D eigenvalue weighted by Gasteiger charge is -2.28. The fourth-order valence-electron chi connectivity index (χ4n) is 1.59. The van der Waals surface area contributed by atoms with Gasteiger partial charge >= 0.3 is 5.97 Å². The molecule has 0 spiro atoms. The fraction of sp³-hybridized carbons (Fsp3) is 0.462. The van der Waals surface area contributed by atoms with Gasteiger partial charge in [-0.25, -0.2) is 0 Å². The molecule has 0 saturated heterocycles. The van der Waals surface area contributed by atoms with Crippen LogP contribution in [0, 0.1) is 0 Å². The molecule has 18 heavy (non-hydrogen) atoms. The first-order valence-electron chi connectivity index (χ1n) is 5.73. The van der Waals surface area contributed by atoms with E-state index < -0.39 is 11.5 Å². The Morgan fingerprint density at radius 1 is 1.56 bits per heavy atom. The van der Waals surface area contributed by atoms with Crippen LogP contribution in [0.4, 0.5) is 0 Å². The second kappa shape index (κ2) is 6.59. The van der Waals surface area contributed by atoms with E-state index in [1.807, 2.05) is 38.1 Å². The molecule has 5 heteroatoms. The van der Waals surface area contributed by atoms with Crippen LogP contribution in [0.3, 0.4) is 0 Å². The van der Waals surface area contributed by atoms with Crippen molar-refractivity contribution in [3.8, 4) is 0 Å². The SMILES string of the molecule is CC(C)NC(C)(CSc1cccc(Br)c1)C(=O)O. The van der Waals surface area contributed by atoms with Gasteiger partial charge in [0.05, 0.1) is 0 Å². The molecule has 1 unspecified atom stereocenters. The van der Waals surface area contributed by atoms with Crippen molar-refractivity contribution in [1.29, 1.82) is 0 Å². The first-order valence-corrected chi connectivity index (χ1v) is 7.51. The van der Waals surface area contributed by atoms with E-state index in [9.17, 15) is 9.90 Å². The summed E-state index contributed by atoms with van der Waals surface area (Å²) in [7, 11) is 0. The van der Waals surface area contributed by atoms with Crippen molar-refractivity contribution in [3.63, 3.8) is 0 Å². The van der Waals surface area contributed by atoms with Crippen molar-refractivity contribution in [2.75, 3.05) is 5.75 Å². The number of carboxylic acids is 1. The van der Waals surface area contributed by atoms with Crippen molar-refractivity contribution in [3.05, 3.63) is 28.7 Å². The Hall–Kier alpha value is -0.520. The quantitative estimate of drug-likeness (QED) is 0.784. The van der Waals surface area contributed by atoms with Gasteiger partial charge in [-0.1, -0.05) is 22.0 Å². The summed E-state index contributed by atoms with van der Waals surface area (Å²) in [5, 5.41) is 12.4. The lowest BCUT2D eigenvalue weighted by Crippen LogP contribution is -2.54. The Morgan fingerprint density at radius 3 is 2.72 bits per heavy atom. The summed E-state index contributed by atoms with van der Waals surface area (Å²) < 4.78 is 1.00. The predicted molar refractivity (Wildman–Crippen MR) is 79.2 cm³/mol. The molecule has 1 rings (SSSR count). The van der Waals surface area contributed by atoms with Gasteiger partial charge in [-0.15, -0.1) is 11.8 Å². The Labute approximate surface area is 120 Å². The van der Waals surface area contributed by atoms with Crippen LogP contribution in [-0.4, -0.2) is 28.4 Å². The highest BCUT2D eigenvalue weighted by Gasteiger charge is 2.33. The highest BCUT2D eigenvalue weighted by Crippen LogP contribution is 2.25. The van der Waals surface area contributed by atoms with Crippen molar-refractivity contribution in [2.45, 2.75) is 37.2 Å². The first kappa shape index (κ1) is 15.5. The molecular weight excluding hydrogens is 314 g/mol. The minimum atomic E-state index is -0.916. The number of hydrogen-bond acceptors (Lipinski definition) is 3. The van der Waals surface area contributed by atoms with Crippen molar-refractivity contribution in [2.24, 2.45) is 0 Å². The van der Waals surface area contributed by atoms with Gasteiger partial charge in [0.25, 0.3) is 0 Å². The molecule has 2 N–H and O–H groups in total. The number of nitrogens with one attached hydrogen (secondary N) is 1. The molecule has 0 heterocycles. The van der Waals surface area contributed by atoms with Crippen molar-refractivity contribution < 1.29 is 9.90 Å². The number of benzene rings is 1. The van der Waals surface area contributed by atoms with Gasteiger partial charge in [-0.3, -0.25) is 10.1 Å². The smallest absolute Gasteiger partial charge is 0.324 e. The Kier molecular flexibility index (Phi) is 5.69. The van der Waals surface area contributed by atoms with Crippen molar-refractivity contribution in [1.82, 2.24) is 5.32 Å². The summed E-state index contributed by atoms with van der Waals surface area (Å²) in [5.74, 6) is -0.338. The molecule has 1 atom stereocenters. The zero-order valence-electron chi connectivity index (χ0n) is 10.7. The van der Waals surface area contributed by atoms with E-state index >= 15 is 0 Å². The minimum absolute atomic E-state index is 0.134. The summed E-state index contributed by atoms with van der Waals surface area (Å²) in [5.41, 5.74) is -0.916. The zero-order chi connectivity index (χ0) is 13.8. The molecule has 0 amide bonds. The zero-order valence-corrected chi connectivity index (χ0v) is 13.1. The highest BCUT2D eigenvalue weighted by atomic mass is 79.9. The third-order valence-electron chi connectivity index (χ3n) is 2.40. The Morgan fingerprint density at radius 2 is 2.22 bits per heavy atom. The number of carbonyl (C=O) groups is 1. The maximum absolute atomic E-state index is 11.4. The second-order valence-corrected chi connectivity index (χ2v) is 6.65. The van der Waals surface area contributed by atoms with Crippen LogP contribution in [-0.2, 0) is 4.79 Å². The molecule has 0 aliphatic carbocycles. The number of halogens is 1. The fourth-order valence-corrected chi connectivity index (χ4v) is 3.18. The minimum Gasteiger partial charge on any atom is -0.480 e. The Balaban J connectivity index is 2.71. The lowest BCUT2D eigenvalue weighted by molar-refractivity contribution is -0.143. The molecule has 0 bridgehead atoms. The van der Waals surface area contributed by atoms with Crippen LogP contribution in [0.25, 0.3) is 0 Å². The summed E-state index contributed by atoms with van der Waals surface area (Å²) in [6, 6.07) is 8.00. The third kappa shape index (κ3) is 4.63. The number of rotatable bonds is 6. The topological polar surface area (TPSA) is 49.3 Å². The molecular formula is C13H18BrNO2S. The summed E-state index contributed by atoms with van der Waals surface area (Å²) in [4.78, 5) is 12.4. The van der Waals surface area contributed by atoms with E-state index in [1.165, 1.54) is 11.8 Å². The van der Waals surface area contributed by atoms with Gasteiger partial charge < -0.3 is 5.11 Å². The van der Waals surface area contributed by atoms with E-state index in [0.29, 0.717) is 5.75 Å².